The summed E-state index contributed by atoms with van der Waals surface area (Å²) in [6, 6.07) is 1.63. The Morgan fingerprint density at radius 2 is 1.80 bits per heavy atom. The average molecular weight is 297 g/mol. The molecule has 0 aromatic carbocycles. The predicted octanol–water partition coefficient (Wildman–Crippen LogP) is 3.51. The summed E-state index contributed by atoms with van der Waals surface area (Å²) in [5, 5.41) is 3.99. The molecule has 3 aliphatic rings. The molecule has 0 radical (unpaired) electrons. The quantitative estimate of drug-likeness (QED) is 0.839. The Bertz CT molecular complexity index is 306. The van der Waals surface area contributed by atoms with Crippen LogP contribution in [0.4, 0.5) is 0 Å². The van der Waals surface area contributed by atoms with Gasteiger partial charge in [-0.15, -0.1) is 0 Å². The van der Waals surface area contributed by atoms with E-state index >= 15 is 0 Å². The van der Waals surface area contributed by atoms with Gasteiger partial charge >= 0.3 is 0 Å². The number of thioether (sulfide) groups is 1. The molecule has 1 aliphatic carbocycles. The second-order valence-electron chi connectivity index (χ2n) is 7.55. The minimum Gasteiger partial charge on any atom is -0.308 e. The summed E-state index contributed by atoms with van der Waals surface area (Å²) >= 11 is 2.16. The molecular formula is C17H32N2S. The predicted molar refractivity (Wildman–Crippen MR) is 89.5 cm³/mol. The number of nitrogens with zero attached hydrogens (tertiary/aromatic N) is 1. The maximum atomic E-state index is 3.99. The third-order valence-corrected chi connectivity index (χ3v) is 6.89. The fourth-order valence-corrected chi connectivity index (χ4v) is 5.64. The first-order chi connectivity index (χ1) is 9.70. The lowest BCUT2D eigenvalue weighted by Crippen LogP contribution is -2.68. The molecule has 1 atom stereocenters. The van der Waals surface area contributed by atoms with Gasteiger partial charge in [-0.3, -0.25) is 4.90 Å². The van der Waals surface area contributed by atoms with Crippen molar-refractivity contribution in [3.05, 3.63) is 0 Å². The van der Waals surface area contributed by atoms with Crippen LogP contribution in [-0.4, -0.2) is 47.1 Å². The van der Waals surface area contributed by atoms with Crippen molar-refractivity contribution in [2.24, 2.45) is 5.92 Å². The lowest BCUT2D eigenvalue weighted by Gasteiger charge is -2.53. The number of piperazine rings is 1. The Kier molecular flexibility index (Phi) is 4.99. The molecule has 20 heavy (non-hydrogen) atoms. The molecule has 3 rings (SSSR count). The van der Waals surface area contributed by atoms with E-state index in [1.165, 1.54) is 69.5 Å². The second-order valence-corrected chi connectivity index (χ2v) is 8.77. The molecule has 0 aromatic rings. The van der Waals surface area contributed by atoms with Crippen molar-refractivity contribution >= 4 is 11.8 Å². The van der Waals surface area contributed by atoms with Crippen molar-refractivity contribution in [3.8, 4) is 0 Å². The van der Waals surface area contributed by atoms with Gasteiger partial charge in [0.1, 0.15) is 0 Å². The molecule has 1 spiro atoms. The number of hydrogen-bond acceptors (Lipinski definition) is 3. The first-order valence-corrected chi connectivity index (χ1v) is 9.94. The maximum absolute atomic E-state index is 3.99. The Labute approximate surface area is 129 Å². The monoisotopic (exact) mass is 296 g/mol. The van der Waals surface area contributed by atoms with Gasteiger partial charge in [0.2, 0.25) is 0 Å². The zero-order valence-electron chi connectivity index (χ0n) is 13.4. The Hall–Kier alpha value is 0.270. The van der Waals surface area contributed by atoms with Crippen molar-refractivity contribution < 1.29 is 0 Å². The summed E-state index contributed by atoms with van der Waals surface area (Å²) in [5.41, 5.74) is 0.466. The largest absolute Gasteiger partial charge is 0.308 e. The van der Waals surface area contributed by atoms with Crippen molar-refractivity contribution in [2.45, 2.75) is 76.4 Å². The summed E-state index contributed by atoms with van der Waals surface area (Å²) < 4.78 is 0. The third-order valence-electron chi connectivity index (χ3n) is 5.84. The van der Waals surface area contributed by atoms with E-state index < -0.39 is 0 Å². The minimum absolute atomic E-state index is 0.466. The van der Waals surface area contributed by atoms with Gasteiger partial charge in [0.25, 0.3) is 0 Å². The van der Waals surface area contributed by atoms with Gasteiger partial charge in [0, 0.05) is 30.7 Å². The van der Waals surface area contributed by atoms with Crippen LogP contribution in [0.2, 0.25) is 0 Å². The van der Waals surface area contributed by atoms with Gasteiger partial charge in [0.15, 0.2) is 0 Å². The van der Waals surface area contributed by atoms with Crippen LogP contribution in [0.15, 0.2) is 0 Å². The first-order valence-electron chi connectivity index (χ1n) is 8.79. The van der Waals surface area contributed by atoms with Gasteiger partial charge in [-0.05, 0) is 43.1 Å². The molecule has 2 heterocycles. The van der Waals surface area contributed by atoms with Gasteiger partial charge in [-0.1, -0.05) is 33.1 Å². The Morgan fingerprint density at radius 3 is 2.45 bits per heavy atom. The topological polar surface area (TPSA) is 15.3 Å². The fourth-order valence-electron chi connectivity index (χ4n) is 4.56. The standard InChI is InChI=1S/C17H32N2S/c1-14(2)16-12-18-17(8-4-3-5-9-17)13-19(16)15-6-10-20-11-7-15/h14-16,18H,3-13H2,1-2H3. The summed E-state index contributed by atoms with van der Waals surface area (Å²) in [6.45, 7) is 7.37. The van der Waals surface area contributed by atoms with Gasteiger partial charge in [-0.2, -0.15) is 11.8 Å². The van der Waals surface area contributed by atoms with Crippen molar-refractivity contribution in [1.82, 2.24) is 10.2 Å². The fraction of sp³-hybridized carbons (Fsp3) is 1.00. The van der Waals surface area contributed by atoms with Crippen LogP contribution in [0.25, 0.3) is 0 Å². The molecule has 0 amide bonds. The number of hydrogen-bond donors (Lipinski definition) is 1. The molecule has 1 N–H and O–H groups in total. The number of nitrogens with one attached hydrogen (secondary N) is 1. The van der Waals surface area contributed by atoms with Crippen LogP contribution in [-0.2, 0) is 0 Å². The highest BCUT2D eigenvalue weighted by Crippen LogP contribution is 2.36. The molecular weight excluding hydrogens is 264 g/mol. The number of rotatable bonds is 2. The molecule has 0 bridgehead atoms. The minimum atomic E-state index is 0.466. The van der Waals surface area contributed by atoms with E-state index in [1.54, 1.807) is 0 Å². The van der Waals surface area contributed by atoms with Crippen molar-refractivity contribution in [2.75, 3.05) is 24.6 Å². The maximum Gasteiger partial charge on any atom is 0.0309 e. The van der Waals surface area contributed by atoms with E-state index in [1.807, 2.05) is 0 Å². The normalized spacial score (nSPS) is 32.9. The molecule has 3 heteroatoms. The van der Waals surface area contributed by atoms with Crippen LogP contribution in [0.5, 0.6) is 0 Å². The molecule has 2 aliphatic heterocycles. The van der Waals surface area contributed by atoms with Crippen LogP contribution < -0.4 is 5.32 Å². The lowest BCUT2D eigenvalue weighted by atomic mass is 9.78. The van der Waals surface area contributed by atoms with E-state index in [2.05, 4.69) is 35.8 Å². The van der Waals surface area contributed by atoms with Gasteiger partial charge < -0.3 is 5.32 Å². The third kappa shape index (κ3) is 3.20. The molecule has 2 saturated heterocycles. The molecule has 2 nitrogen and oxygen atoms in total. The summed E-state index contributed by atoms with van der Waals surface area (Å²) in [6.07, 6.45) is 10.00. The molecule has 3 fully saturated rings. The molecule has 1 saturated carbocycles. The highest BCUT2D eigenvalue weighted by atomic mass is 32.2. The van der Waals surface area contributed by atoms with Crippen molar-refractivity contribution in [3.63, 3.8) is 0 Å². The average Bonchev–Trinajstić information content (AvgIpc) is 2.48. The van der Waals surface area contributed by atoms with Crippen LogP contribution >= 0.6 is 11.8 Å². The Balaban J connectivity index is 1.73. The van der Waals surface area contributed by atoms with Gasteiger partial charge in [0.05, 0.1) is 0 Å². The van der Waals surface area contributed by atoms with Crippen molar-refractivity contribution in [1.29, 1.82) is 0 Å². The smallest absolute Gasteiger partial charge is 0.0309 e. The molecule has 116 valence electrons. The highest BCUT2D eigenvalue weighted by molar-refractivity contribution is 7.99. The Morgan fingerprint density at radius 1 is 1.10 bits per heavy atom. The zero-order chi connectivity index (χ0) is 14.0. The van der Waals surface area contributed by atoms with E-state index in [9.17, 15) is 0 Å². The summed E-state index contributed by atoms with van der Waals surface area (Å²) in [4.78, 5) is 2.94. The zero-order valence-corrected chi connectivity index (χ0v) is 14.2. The summed E-state index contributed by atoms with van der Waals surface area (Å²) in [5.74, 6) is 3.54. The first kappa shape index (κ1) is 15.2. The molecule has 0 aromatic heterocycles. The van der Waals surface area contributed by atoms with Gasteiger partial charge in [-0.25, -0.2) is 0 Å². The SMILES string of the molecule is CC(C)C1CNC2(CCCCC2)CN1C1CCSCC1. The lowest BCUT2D eigenvalue weighted by molar-refractivity contribution is 0.00360. The van der Waals surface area contributed by atoms with Crippen LogP contribution in [0.3, 0.4) is 0 Å². The van der Waals surface area contributed by atoms with Crippen LogP contribution in [0.1, 0.15) is 58.8 Å². The molecule has 1 unspecified atom stereocenters. The van der Waals surface area contributed by atoms with Crippen LogP contribution in [0, 0.1) is 5.92 Å². The summed E-state index contributed by atoms with van der Waals surface area (Å²) in [7, 11) is 0. The van der Waals surface area contributed by atoms with E-state index in [0.29, 0.717) is 5.54 Å². The van der Waals surface area contributed by atoms with E-state index in [4.69, 9.17) is 0 Å². The van der Waals surface area contributed by atoms with E-state index in [0.717, 1.165) is 18.0 Å². The second kappa shape index (κ2) is 6.58. The highest BCUT2D eigenvalue weighted by Gasteiger charge is 2.42. The van der Waals surface area contributed by atoms with E-state index in [-0.39, 0.29) is 0 Å².